The Labute approximate surface area is 92.0 Å². The lowest BCUT2D eigenvalue weighted by Gasteiger charge is -2.08. The van der Waals surface area contributed by atoms with Crippen LogP contribution in [0.3, 0.4) is 0 Å². The first-order valence-corrected chi connectivity index (χ1v) is 4.75. The number of ether oxygens (including phenoxy) is 1. The Bertz CT molecular complexity index is 521. The Morgan fingerprint density at radius 3 is 3.06 bits per heavy atom. The van der Waals surface area contributed by atoms with Crippen molar-refractivity contribution in [1.82, 2.24) is 9.97 Å². The van der Waals surface area contributed by atoms with Crippen LogP contribution < -0.4 is 10.6 Å². The third kappa shape index (κ3) is 1.77. The number of nitrogens with zero attached hydrogens (tertiary/aromatic N) is 1. The van der Waals surface area contributed by atoms with Crippen LogP contribution in [0.4, 0.5) is 16.3 Å². The molecule has 2 rings (SSSR count). The third-order valence-corrected chi connectivity index (χ3v) is 2.21. The number of anilines is 2. The molecule has 0 aliphatic rings. The zero-order valence-electron chi connectivity index (χ0n) is 9.00. The first-order valence-electron chi connectivity index (χ1n) is 4.75. The molecule has 6 nitrogen and oxygen atoms in total. The molecule has 3 N–H and O–H groups in total. The topological polar surface area (TPSA) is 79.0 Å². The van der Waals surface area contributed by atoms with E-state index < -0.39 is 6.09 Å². The molecule has 0 fully saturated rings. The van der Waals surface area contributed by atoms with Gasteiger partial charge in [-0.05, 0) is 12.1 Å². The van der Waals surface area contributed by atoms with Gasteiger partial charge in [-0.15, -0.1) is 0 Å². The van der Waals surface area contributed by atoms with Crippen molar-refractivity contribution in [3.63, 3.8) is 0 Å². The van der Waals surface area contributed by atoms with Gasteiger partial charge in [0.1, 0.15) is 5.65 Å². The second-order valence-electron chi connectivity index (χ2n) is 3.17. The smallest absolute Gasteiger partial charge is 0.412 e. The van der Waals surface area contributed by atoms with Crippen LogP contribution in [0, 0.1) is 0 Å². The number of hydrogen-bond donors (Lipinski definition) is 3. The van der Waals surface area contributed by atoms with Gasteiger partial charge in [-0.2, -0.15) is 0 Å². The van der Waals surface area contributed by atoms with Crippen LogP contribution in [0.5, 0.6) is 0 Å². The van der Waals surface area contributed by atoms with Crippen molar-refractivity contribution in [2.24, 2.45) is 0 Å². The maximum absolute atomic E-state index is 11.1. The summed E-state index contributed by atoms with van der Waals surface area (Å²) in [6.45, 7) is 0. The summed E-state index contributed by atoms with van der Waals surface area (Å²) in [5, 5.41) is 6.47. The second kappa shape index (κ2) is 4.09. The summed E-state index contributed by atoms with van der Waals surface area (Å²) in [4.78, 5) is 18.3. The Morgan fingerprint density at radius 2 is 2.38 bits per heavy atom. The van der Waals surface area contributed by atoms with Crippen LogP contribution in [0.1, 0.15) is 0 Å². The van der Waals surface area contributed by atoms with Crippen LogP contribution in [-0.4, -0.2) is 30.2 Å². The highest BCUT2D eigenvalue weighted by atomic mass is 16.5. The number of hydrogen-bond acceptors (Lipinski definition) is 4. The fourth-order valence-corrected chi connectivity index (χ4v) is 1.42. The van der Waals surface area contributed by atoms with Gasteiger partial charge in [0.05, 0.1) is 12.8 Å². The van der Waals surface area contributed by atoms with E-state index in [1.54, 1.807) is 13.2 Å². The average molecular weight is 220 g/mol. The molecule has 16 heavy (non-hydrogen) atoms. The highest BCUT2D eigenvalue weighted by molar-refractivity contribution is 5.92. The zero-order valence-corrected chi connectivity index (χ0v) is 9.00. The van der Waals surface area contributed by atoms with Crippen LogP contribution in [0.25, 0.3) is 11.0 Å². The van der Waals surface area contributed by atoms with E-state index in [9.17, 15) is 4.79 Å². The van der Waals surface area contributed by atoms with Gasteiger partial charge in [-0.1, -0.05) is 0 Å². The number of aromatic nitrogens is 2. The summed E-state index contributed by atoms with van der Waals surface area (Å²) < 4.78 is 4.52. The molecule has 0 radical (unpaired) electrons. The molecule has 0 aliphatic carbocycles. The Kier molecular flexibility index (Phi) is 2.63. The van der Waals surface area contributed by atoms with Gasteiger partial charge in [-0.3, -0.25) is 5.32 Å². The second-order valence-corrected chi connectivity index (χ2v) is 3.17. The molecule has 0 saturated carbocycles. The normalized spacial score (nSPS) is 10.1. The van der Waals surface area contributed by atoms with Gasteiger partial charge in [-0.25, -0.2) is 9.78 Å². The molecule has 2 aromatic heterocycles. The van der Waals surface area contributed by atoms with Crippen molar-refractivity contribution >= 4 is 28.6 Å². The standard InChI is InChI=1S/C10H12N4O2/c1-11-7-5-6-3-4-12-8(6)13-9(7)14-10(15)16-2/h3-5,11H,1-2H3,(H2,12,13,14,15). The van der Waals surface area contributed by atoms with E-state index in [1.807, 2.05) is 12.1 Å². The molecule has 0 atom stereocenters. The van der Waals surface area contributed by atoms with Gasteiger partial charge in [0.15, 0.2) is 5.82 Å². The van der Waals surface area contributed by atoms with Crippen molar-refractivity contribution in [3.05, 3.63) is 18.3 Å². The van der Waals surface area contributed by atoms with Crippen molar-refractivity contribution in [3.8, 4) is 0 Å². The molecular formula is C10H12N4O2. The predicted molar refractivity (Wildman–Crippen MR) is 61.7 cm³/mol. The van der Waals surface area contributed by atoms with E-state index >= 15 is 0 Å². The molecule has 1 amide bonds. The van der Waals surface area contributed by atoms with Gasteiger partial charge in [0, 0.05) is 18.6 Å². The van der Waals surface area contributed by atoms with Crippen molar-refractivity contribution in [2.75, 3.05) is 24.8 Å². The minimum Gasteiger partial charge on any atom is -0.453 e. The molecule has 0 unspecified atom stereocenters. The quantitative estimate of drug-likeness (QED) is 0.720. The van der Waals surface area contributed by atoms with Crippen LogP contribution in [-0.2, 0) is 4.74 Å². The van der Waals surface area contributed by atoms with Crippen LogP contribution in [0.2, 0.25) is 0 Å². The average Bonchev–Trinajstić information content (AvgIpc) is 2.74. The summed E-state index contributed by atoms with van der Waals surface area (Å²) in [6.07, 6.45) is 1.24. The lowest BCUT2D eigenvalue weighted by molar-refractivity contribution is 0.187. The fourth-order valence-electron chi connectivity index (χ4n) is 1.42. The number of pyridine rings is 1. The number of fused-ring (bicyclic) bond motifs is 1. The van der Waals surface area contributed by atoms with E-state index in [0.717, 1.165) is 11.1 Å². The minimum absolute atomic E-state index is 0.435. The first kappa shape index (κ1) is 10.3. The highest BCUT2D eigenvalue weighted by Gasteiger charge is 2.09. The number of carbonyl (C=O) groups excluding carboxylic acids is 1. The van der Waals surface area contributed by atoms with E-state index in [4.69, 9.17) is 0 Å². The maximum Gasteiger partial charge on any atom is 0.412 e. The summed E-state index contributed by atoms with van der Waals surface area (Å²) >= 11 is 0. The summed E-state index contributed by atoms with van der Waals surface area (Å²) in [6, 6.07) is 3.80. The van der Waals surface area contributed by atoms with Gasteiger partial charge >= 0.3 is 6.09 Å². The molecule has 0 spiro atoms. The van der Waals surface area contributed by atoms with Gasteiger partial charge in [0.25, 0.3) is 0 Å². The number of carbonyl (C=O) groups is 1. The molecule has 2 heterocycles. The Hall–Kier alpha value is -2.24. The summed E-state index contributed by atoms with van der Waals surface area (Å²) in [5.41, 5.74) is 1.45. The third-order valence-electron chi connectivity index (χ3n) is 2.21. The number of methoxy groups -OCH3 is 1. The highest BCUT2D eigenvalue weighted by Crippen LogP contribution is 2.23. The Morgan fingerprint density at radius 1 is 1.56 bits per heavy atom. The van der Waals surface area contributed by atoms with Crippen molar-refractivity contribution in [1.29, 1.82) is 0 Å². The largest absolute Gasteiger partial charge is 0.453 e. The van der Waals surface area contributed by atoms with E-state index in [1.165, 1.54) is 7.11 Å². The number of aromatic amines is 1. The van der Waals surface area contributed by atoms with Gasteiger partial charge in [0.2, 0.25) is 0 Å². The van der Waals surface area contributed by atoms with Crippen LogP contribution in [0.15, 0.2) is 18.3 Å². The summed E-state index contributed by atoms with van der Waals surface area (Å²) in [7, 11) is 3.07. The predicted octanol–water partition coefficient (Wildman–Crippen LogP) is 1.78. The molecule has 84 valence electrons. The molecule has 2 aromatic rings. The summed E-state index contributed by atoms with van der Waals surface area (Å²) in [5.74, 6) is 0.435. The Balaban J connectivity index is 2.44. The number of nitrogens with one attached hydrogen (secondary N) is 3. The van der Waals surface area contributed by atoms with Crippen LogP contribution >= 0.6 is 0 Å². The number of rotatable bonds is 2. The molecule has 0 bridgehead atoms. The van der Waals surface area contributed by atoms with Crippen molar-refractivity contribution < 1.29 is 9.53 Å². The monoisotopic (exact) mass is 220 g/mol. The lowest BCUT2D eigenvalue weighted by atomic mass is 10.3. The SMILES string of the molecule is CNc1cc2cc[nH]c2nc1NC(=O)OC. The fraction of sp³-hybridized carbons (Fsp3) is 0.200. The molecular weight excluding hydrogens is 208 g/mol. The lowest BCUT2D eigenvalue weighted by Crippen LogP contribution is -2.13. The van der Waals surface area contributed by atoms with Crippen molar-refractivity contribution in [2.45, 2.75) is 0 Å². The maximum atomic E-state index is 11.1. The number of H-pyrrole nitrogens is 1. The molecule has 0 saturated heterocycles. The van der Waals surface area contributed by atoms with Gasteiger partial charge < -0.3 is 15.0 Å². The molecule has 6 heteroatoms. The number of amides is 1. The molecule has 0 aliphatic heterocycles. The first-order chi connectivity index (χ1) is 7.74. The van der Waals surface area contributed by atoms with E-state index in [0.29, 0.717) is 11.5 Å². The van der Waals surface area contributed by atoms with E-state index in [2.05, 4.69) is 25.3 Å². The zero-order chi connectivity index (χ0) is 11.5. The minimum atomic E-state index is -0.546. The van der Waals surface area contributed by atoms with E-state index in [-0.39, 0.29) is 0 Å². The molecule has 0 aromatic carbocycles.